The van der Waals surface area contributed by atoms with Gasteiger partial charge < -0.3 is 15.5 Å². The minimum Gasteiger partial charge on any atom is -0.508 e. The van der Waals surface area contributed by atoms with Crippen LogP contribution in [-0.2, 0) is 9.59 Å². The summed E-state index contributed by atoms with van der Waals surface area (Å²) in [5.74, 6) is -1.32. The highest BCUT2D eigenvalue weighted by atomic mass is 16.4. The van der Waals surface area contributed by atoms with Crippen LogP contribution in [0, 0.1) is 5.92 Å². The first kappa shape index (κ1) is 13.0. The summed E-state index contributed by atoms with van der Waals surface area (Å²) in [6.45, 7) is 1.70. The van der Waals surface area contributed by atoms with E-state index < -0.39 is 5.97 Å². The van der Waals surface area contributed by atoms with E-state index in [1.165, 1.54) is 12.1 Å². The lowest BCUT2D eigenvalue weighted by atomic mass is 10.0. The monoisotopic (exact) mass is 237 g/mol. The van der Waals surface area contributed by atoms with Gasteiger partial charge in [0.25, 0.3) is 0 Å². The quantitative estimate of drug-likeness (QED) is 0.729. The molecule has 0 aliphatic carbocycles. The molecule has 92 valence electrons. The van der Waals surface area contributed by atoms with Gasteiger partial charge in [0.15, 0.2) is 0 Å². The Kier molecular flexibility index (Phi) is 4.51. The largest absolute Gasteiger partial charge is 0.508 e. The molecule has 0 aromatic heterocycles. The van der Waals surface area contributed by atoms with Gasteiger partial charge in [0.2, 0.25) is 5.91 Å². The van der Waals surface area contributed by atoms with Gasteiger partial charge >= 0.3 is 5.97 Å². The fraction of sp³-hybridized carbons (Fsp3) is 0.333. The SMILES string of the molecule is CC(CC(=O)O)CC(=O)Nc1cccc(O)c1. The van der Waals surface area contributed by atoms with Crippen LogP contribution in [0.25, 0.3) is 0 Å². The van der Waals surface area contributed by atoms with Crippen molar-refractivity contribution >= 4 is 17.6 Å². The maximum absolute atomic E-state index is 11.5. The standard InChI is InChI=1S/C12H15NO4/c1-8(6-12(16)17)5-11(15)13-9-3-2-4-10(14)7-9/h2-4,7-8,14H,5-6H2,1H3,(H,13,15)(H,16,17). The number of benzene rings is 1. The molecule has 0 radical (unpaired) electrons. The molecule has 1 rings (SSSR count). The van der Waals surface area contributed by atoms with Crippen molar-refractivity contribution in [3.63, 3.8) is 0 Å². The molecule has 5 heteroatoms. The number of hydrogen-bond donors (Lipinski definition) is 3. The molecular formula is C12H15NO4. The minimum absolute atomic E-state index is 0.0343. The van der Waals surface area contributed by atoms with Crippen LogP contribution in [0.3, 0.4) is 0 Å². The Morgan fingerprint density at radius 1 is 1.35 bits per heavy atom. The molecule has 1 amide bonds. The van der Waals surface area contributed by atoms with Gasteiger partial charge in [-0.1, -0.05) is 13.0 Å². The van der Waals surface area contributed by atoms with Crippen molar-refractivity contribution in [3.8, 4) is 5.75 Å². The Morgan fingerprint density at radius 3 is 2.65 bits per heavy atom. The molecule has 0 saturated heterocycles. The Labute approximate surface area is 99.1 Å². The minimum atomic E-state index is -0.914. The molecule has 3 N–H and O–H groups in total. The lowest BCUT2D eigenvalue weighted by Crippen LogP contribution is -2.16. The molecule has 5 nitrogen and oxygen atoms in total. The zero-order valence-corrected chi connectivity index (χ0v) is 9.51. The predicted molar refractivity (Wildman–Crippen MR) is 62.8 cm³/mol. The summed E-state index contributed by atoms with van der Waals surface area (Å²) in [5.41, 5.74) is 0.498. The van der Waals surface area contributed by atoms with Gasteiger partial charge in [-0.25, -0.2) is 0 Å². The number of amides is 1. The highest BCUT2D eigenvalue weighted by Gasteiger charge is 2.12. The molecule has 0 fully saturated rings. The van der Waals surface area contributed by atoms with E-state index in [-0.39, 0.29) is 30.4 Å². The second-order valence-corrected chi connectivity index (χ2v) is 4.01. The highest BCUT2D eigenvalue weighted by molar-refractivity contribution is 5.91. The van der Waals surface area contributed by atoms with Gasteiger partial charge in [-0.3, -0.25) is 9.59 Å². The summed E-state index contributed by atoms with van der Waals surface area (Å²) in [6.07, 6.45) is 0.107. The van der Waals surface area contributed by atoms with E-state index in [0.29, 0.717) is 5.69 Å². The van der Waals surface area contributed by atoms with Gasteiger partial charge in [-0.05, 0) is 18.1 Å². The average molecular weight is 237 g/mol. The van der Waals surface area contributed by atoms with Crippen molar-refractivity contribution in [1.82, 2.24) is 0 Å². The number of hydrogen-bond acceptors (Lipinski definition) is 3. The molecule has 0 aliphatic rings. The lowest BCUT2D eigenvalue weighted by Gasteiger charge is -2.09. The summed E-state index contributed by atoms with van der Waals surface area (Å²) < 4.78 is 0. The Balaban J connectivity index is 2.47. The fourth-order valence-electron chi connectivity index (χ4n) is 1.48. The Morgan fingerprint density at radius 2 is 2.06 bits per heavy atom. The maximum atomic E-state index is 11.5. The number of aliphatic carboxylic acids is 1. The van der Waals surface area contributed by atoms with E-state index in [1.54, 1.807) is 19.1 Å². The number of rotatable bonds is 5. The number of carboxylic acid groups (broad SMARTS) is 1. The van der Waals surface area contributed by atoms with Gasteiger partial charge in [0.05, 0.1) is 0 Å². The molecule has 0 heterocycles. The summed E-state index contributed by atoms with van der Waals surface area (Å²) in [5, 5.41) is 20.4. The Bertz CT molecular complexity index is 417. The third-order valence-electron chi connectivity index (χ3n) is 2.19. The molecule has 1 aromatic carbocycles. The molecule has 1 atom stereocenters. The summed E-state index contributed by atoms with van der Waals surface area (Å²) >= 11 is 0. The first-order chi connectivity index (χ1) is 7.97. The topological polar surface area (TPSA) is 86.6 Å². The van der Waals surface area contributed by atoms with E-state index in [4.69, 9.17) is 5.11 Å². The zero-order chi connectivity index (χ0) is 12.8. The van der Waals surface area contributed by atoms with E-state index in [9.17, 15) is 14.7 Å². The molecule has 17 heavy (non-hydrogen) atoms. The molecule has 1 aromatic rings. The number of carbonyl (C=O) groups is 2. The first-order valence-electron chi connectivity index (χ1n) is 5.28. The summed E-state index contributed by atoms with van der Waals surface area (Å²) in [4.78, 5) is 22.0. The van der Waals surface area contributed by atoms with Crippen molar-refractivity contribution in [2.75, 3.05) is 5.32 Å². The van der Waals surface area contributed by atoms with Crippen LogP contribution in [0.5, 0.6) is 5.75 Å². The van der Waals surface area contributed by atoms with Crippen LogP contribution in [0.2, 0.25) is 0 Å². The molecule has 0 saturated carbocycles. The second-order valence-electron chi connectivity index (χ2n) is 4.01. The molecular weight excluding hydrogens is 222 g/mol. The van der Waals surface area contributed by atoms with Crippen molar-refractivity contribution in [2.24, 2.45) is 5.92 Å². The third kappa shape index (κ3) is 5.01. The van der Waals surface area contributed by atoms with Crippen LogP contribution < -0.4 is 5.32 Å². The smallest absolute Gasteiger partial charge is 0.303 e. The highest BCUT2D eigenvalue weighted by Crippen LogP contribution is 2.16. The number of carboxylic acids is 1. The molecule has 0 bridgehead atoms. The van der Waals surface area contributed by atoms with Crippen LogP contribution in [0.1, 0.15) is 19.8 Å². The van der Waals surface area contributed by atoms with Crippen LogP contribution in [0.15, 0.2) is 24.3 Å². The second kappa shape index (κ2) is 5.89. The lowest BCUT2D eigenvalue weighted by molar-refractivity contribution is -0.138. The van der Waals surface area contributed by atoms with Crippen LogP contribution >= 0.6 is 0 Å². The number of anilines is 1. The van der Waals surface area contributed by atoms with E-state index in [2.05, 4.69) is 5.32 Å². The van der Waals surface area contributed by atoms with Crippen molar-refractivity contribution in [2.45, 2.75) is 19.8 Å². The van der Waals surface area contributed by atoms with Crippen LogP contribution in [-0.4, -0.2) is 22.1 Å². The van der Waals surface area contributed by atoms with E-state index >= 15 is 0 Å². The molecule has 1 unspecified atom stereocenters. The number of phenolic OH excluding ortho intramolecular Hbond substituents is 1. The van der Waals surface area contributed by atoms with Crippen molar-refractivity contribution in [1.29, 1.82) is 0 Å². The average Bonchev–Trinajstić information content (AvgIpc) is 2.14. The fourth-order valence-corrected chi connectivity index (χ4v) is 1.48. The van der Waals surface area contributed by atoms with Crippen molar-refractivity contribution < 1.29 is 19.8 Å². The Hall–Kier alpha value is -2.04. The normalized spacial score (nSPS) is 11.8. The molecule has 0 aliphatic heterocycles. The summed E-state index contributed by atoms with van der Waals surface area (Å²) in [6, 6.07) is 6.20. The zero-order valence-electron chi connectivity index (χ0n) is 9.51. The molecule has 0 spiro atoms. The van der Waals surface area contributed by atoms with Gasteiger partial charge in [-0.2, -0.15) is 0 Å². The van der Waals surface area contributed by atoms with Gasteiger partial charge in [-0.15, -0.1) is 0 Å². The number of phenols is 1. The van der Waals surface area contributed by atoms with E-state index in [0.717, 1.165) is 0 Å². The van der Waals surface area contributed by atoms with Gasteiger partial charge in [0, 0.05) is 24.6 Å². The van der Waals surface area contributed by atoms with Crippen molar-refractivity contribution in [3.05, 3.63) is 24.3 Å². The number of nitrogens with one attached hydrogen (secondary N) is 1. The third-order valence-corrected chi connectivity index (χ3v) is 2.19. The predicted octanol–water partition coefficient (Wildman–Crippen LogP) is 1.83. The summed E-state index contributed by atoms with van der Waals surface area (Å²) in [7, 11) is 0. The number of aromatic hydroxyl groups is 1. The van der Waals surface area contributed by atoms with Crippen LogP contribution in [0.4, 0.5) is 5.69 Å². The first-order valence-corrected chi connectivity index (χ1v) is 5.28. The van der Waals surface area contributed by atoms with E-state index in [1.807, 2.05) is 0 Å². The maximum Gasteiger partial charge on any atom is 0.303 e. The van der Waals surface area contributed by atoms with Gasteiger partial charge in [0.1, 0.15) is 5.75 Å². The number of carbonyl (C=O) groups excluding carboxylic acids is 1.